The summed E-state index contributed by atoms with van der Waals surface area (Å²) in [6.07, 6.45) is 4.11. The Bertz CT molecular complexity index is 214. The van der Waals surface area contributed by atoms with E-state index < -0.39 is 0 Å². The molecular weight excluding hydrogens is 150 g/mol. The van der Waals surface area contributed by atoms with Crippen molar-refractivity contribution in [3.8, 4) is 0 Å². The Morgan fingerprint density at radius 3 is 2.33 bits per heavy atom. The molecule has 0 aromatic carbocycles. The highest BCUT2D eigenvalue weighted by atomic mass is 16.5. The van der Waals surface area contributed by atoms with Crippen LogP contribution in [0.25, 0.3) is 0 Å². The minimum Gasteiger partial charge on any atom is -0.374 e. The Hall–Kier alpha value is -0.760. The molecule has 2 nitrogen and oxygen atoms in total. The molecule has 68 valence electrons. The molecule has 0 atom stereocenters. The molecule has 0 saturated carbocycles. The molecule has 0 radical (unpaired) electrons. The topological polar surface area (TPSA) is 14.2 Å². The summed E-state index contributed by atoms with van der Waals surface area (Å²) >= 11 is 0. The van der Waals surface area contributed by atoms with Crippen LogP contribution >= 0.6 is 0 Å². The van der Waals surface area contributed by atoms with Crippen molar-refractivity contribution in [2.45, 2.75) is 32.9 Å². The van der Waals surface area contributed by atoms with Crippen molar-refractivity contribution < 1.29 is 4.74 Å². The van der Waals surface area contributed by atoms with Crippen LogP contribution in [0, 0.1) is 0 Å². The number of nitrogens with zero attached hydrogens (tertiary/aromatic N) is 1. The van der Waals surface area contributed by atoms with Gasteiger partial charge in [0, 0.05) is 19.0 Å². The molecule has 0 fully saturated rings. The maximum atomic E-state index is 5.58. The van der Waals surface area contributed by atoms with Gasteiger partial charge in [-0.25, -0.2) is 0 Å². The molecule has 0 unspecified atom stereocenters. The third kappa shape index (κ3) is 2.70. The summed E-state index contributed by atoms with van der Waals surface area (Å²) in [5.74, 6) is 0. The van der Waals surface area contributed by atoms with E-state index in [1.807, 2.05) is 19.1 Å². The largest absolute Gasteiger partial charge is 0.374 e. The van der Waals surface area contributed by atoms with Crippen LogP contribution in [0.3, 0.4) is 0 Å². The zero-order valence-electron chi connectivity index (χ0n) is 8.08. The molecule has 0 aliphatic rings. The SMILES string of the molecule is CCOC(C)(C)Cn1cccc1. The summed E-state index contributed by atoms with van der Waals surface area (Å²) < 4.78 is 7.72. The molecule has 0 N–H and O–H groups in total. The highest BCUT2D eigenvalue weighted by molar-refractivity contribution is 4.91. The minimum absolute atomic E-state index is 0.0617. The molecule has 0 bridgehead atoms. The number of rotatable bonds is 4. The highest BCUT2D eigenvalue weighted by Gasteiger charge is 2.17. The predicted octanol–water partition coefficient (Wildman–Crippen LogP) is 2.30. The van der Waals surface area contributed by atoms with E-state index in [0.29, 0.717) is 0 Å². The number of ether oxygens (including phenoxy) is 1. The molecule has 1 heterocycles. The lowest BCUT2D eigenvalue weighted by Gasteiger charge is -2.25. The summed E-state index contributed by atoms with van der Waals surface area (Å²) in [7, 11) is 0. The van der Waals surface area contributed by atoms with Gasteiger partial charge in [-0.15, -0.1) is 0 Å². The van der Waals surface area contributed by atoms with Crippen molar-refractivity contribution in [3.05, 3.63) is 24.5 Å². The number of hydrogen-bond donors (Lipinski definition) is 0. The van der Waals surface area contributed by atoms with Gasteiger partial charge in [-0.3, -0.25) is 0 Å². The monoisotopic (exact) mass is 167 g/mol. The fourth-order valence-electron chi connectivity index (χ4n) is 1.35. The molecule has 0 spiro atoms. The van der Waals surface area contributed by atoms with Crippen LogP contribution in [0.4, 0.5) is 0 Å². The standard InChI is InChI=1S/C10H17NO/c1-4-12-10(2,3)9-11-7-5-6-8-11/h5-8H,4,9H2,1-3H3. The lowest BCUT2D eigenvalue weighted by atomic mass is 10.1. The molecule has 1 rings (SSSR count). The van der Waals surface area contributed by atoms with Crippen LogP contribution in [-0.2, 0) is 11.3 Å². The van der Waals surface area contributed by atoms with Crippen molar-refractivity contribution in [1.82, 2.24) is 4.57 Å². The molecule has 1 aromatic rings. The van der Waals surface area contributed by atoms with Crippen LogP contribution in [-0.4, -0.2) is 16.8 Å². The van der Waals surface area contributed by atoms with E-state index in [1.54, 1.807) is 0 Å². The van der Waals surface area contributed by atoms with Crippen LogP contribution < -0.4 is 0 Å². The Morgan fingerprint density at radius 2 is 1.83 bits per heavy atom. The van der Waals surface area contributed by atoms with Gasteiger partial charge in [0.1, 0.15) is 0 Å². The Morgan fingerprint density at radius 1 is 1.25 bits per heavy atom. The van der Waals surface area contributed by atoms with Gasteiger partial charge >= 0.3 is 0 Å². The van der Waals surface area contributed by atoms with Crippen molar-refractivity contribution >= 4 is 0 Å². The maximum Gasteiger partial charge on any atom is 0.0804 e. The lowest BCUT2D eigenvalue weighted by molar-refractivity contribution is -0.0223. The molecule has 2 heteroatoms. The van der Waals surface area contributed by atoms with Crippen LogP contribution in [0.2, 0.25) is 0 Å². The first-order valence-corrected chi connectivity index (χ1v) is 4.39. The van der Waals surface area contributed by atoms with Gasteiger partial charge in [-0.2, -0.15) is 0 Å². The quantitative estimate of drug-likeness (QED) is 0.671. The highest BCUT2D eigenvalue weighted by Crippen LogP contribution is 2.11. The number of hydrogen-bond acceptors (Lipinski definition) is 1. The number of aromatic nitrogens is 1. The Labute approximate surface area is 74.2 Å². The summed E-state index contributed by atoms with van der Waals surface area (Å²) in [6, 6.07) is 4.06. The maximum absolute atomic E-state index is 5.58. The van der Waals surface area contributed by atoms with Gasteiger partial charge in [0.05, 0.1) is 12.1 Å². The first kappa shape index (κ1) is 9.33. The molecular formula is C10H17NO. The van der Waals surface area contributed by atoms with Gasteiger partial charge < -0.3 is 9.30 Å². The van der Waals surface area contributed by atoms with Crippen LogP contribution in [0.5, 0.6) is 0 Å². The van der Waals surface area contributed by atoms with E-state index in [2.05, 4.69) is 30.8 Å². The van der Waals surface area contributed by atoms with Gasteiger partial charge in [-0.1, -0.05) is 0 Å². The third-order valence-corrected chi connectivity index (χ3v) is 1.76. The van der Waals surface area contributed by atoms with E-state index in [1.165, 1.54) is 0 Å². The van der Waals surface area contributed by atoms with E-state index in [-0.39, 0.29) is 5.60 Å². The summed E-state index contributed by atoms with van der Waals surface area (Å²) in [5.41, 5.74) is -0.0617. The fraction of sp³-hybridized carbons (Fsp3) is 0.600. The zero-order valence-corrected chi connectivity index (χ0v) is 8.08. The predicted molar refractivity (Wildman–Crippen MR) is 50.1 cm³/mol. The second kappa shape index (κ2) is 3.76. The molecule has 0 aliphatic heterocycles. The van der Waals surface area contributed by atoms with Gasteiger partial charge in [0.25, 0.3) is 0 Å². The first-order chi connectivity index (χ1) is 5.64. The van der Waals surface area contributed by atoms with Crippen molar-refractivity contribution in [2.75, 3.05) is 6.61 Å². The second-order valence-electron chi connectivity index (χ2n) is 3.55. The first-order valence-electron chi connectivity index (χ1n) is 4.39. The lowest BCUT2D eigenvalue weighted by Crippen LogP contribution is -2.29. The van der Waals surface area contributed by atoms with Crippen LogP contribution in [0.1, 0.15) is 20.8 Å². The van der Waals surface area contributed by atoms with Crippen LogP contribution in [0.15, 0.2) is 24.5 Å². The van der Waals surface area contributed by atoms with E-state index in [9.17, 15) is 0 Å². The van der Waals surface area contributed by atoms with E-state index in [4.69, 9.17) is 4.74 Å². The summed E-state index contributed by atoms with van der Waals surface area (Å²) in [5, 5.41) is 0. The third-order valence-electron chi connectivity index (χ3n) is 1.76. The van der Waals surface area contributed by atoms with Gasteiger partial charge in [0.2, 0.25) is 0 Å². The van der Waals surface area contributed by atoms with E-state index in [0.717, 1.165) is 13.2 Å². The summed E-state index contributed by atoms with van der Waals surface area (Å²) in [6.45, 7) is 7.92. The zero-order chi connectivity index (χ0) is 9.03. The average molecular weight is 167 g/mol. The second-order valence-corrected chi connectivity index (χ2v) is 3.55. The molecule has 0 amide bonds. The molecule has 0 saturated heterocycles. The van der Waals surface area contributed by atoms with Crippen molar-refractivity contribution in [1.29, 1.82) is 0 Å². The molecule has 12 heavy (non-hydrogen) atoms. The smallest absolute Gasteiger partial charge is 0.0804 e. The normalized spacial score (nSPS) is 11.9. The van der Waals surface area contributed by atoms with Crippen molar-refractivity contribution in [2.24, 2.45) is 0 Å². The summed E-state index contributed by atoms with van der Waals surface area (Å²) in [4.78, 5) is 0. The Kier molecular flexibility index (Phi) is 2.93. The van der Waals surface area contributed by atoms with Gasteiger partial charge in [-0.05, 0) is 32.9 Å². The molecule has 1 aromatic heterocycles. The van der Waals surface area contributed by atoms with Crippen molar-refractivity contribution in [3.63, 3.8) is 0 Å². The van der Waals surface area contributed by atoms with Gasteiger partial charge in [0.15, 0.2) is 0 Å². The molecule has 0 aliphatic carbocycles. The minimum atomic E-state index is -0.0617. The Balaban J connectivity index is 2.50. The average Bonchev–Trinajstić information content (AvgIpc) is 2.38. The van der Waals surface area contributed by atoms with E-state index >= 15 is 0 Å². The fourth-order valence-corrected chi connectivity index (χ4v) is 1.35.